The number of aromatic nitrogens is 2. The Bertz CT molecular complexity index is 1170. The van der Waals surface area contributed by atoms with E-state index < -0.39 is 0 Å². The van der Waals surface area contributed by atoms with Crippen LogP contribution in [0.4, 0.5) is 5.82 Å². The van der Waals surface area contributed by atoms with Crippen LogP contribution in [0, 0.1) is 0 Å². The molecule has 2 heterocycles. The van der Waals surface area contributed by atoms with Crippen LogP contribution >= 0.6 is 0 Å². The molecule has 0 spiro atoms. The summed E-state index contributed by atoms with van der Waals surface area (Å²) in [5, 5.41) is 4.90. The highest BCUT2D eigenvalue weighted by molar-refractivity contribution is 6.04. The lowest BCUT2D eigenvalue weighted by atomic mass is 9.90. The van der Waals surface area contributed by atoms with E-state index in [2.05, 4.69) is 21.4 Å². The normalized spacial score (nSPS) is 13.3. The SMILES string of the molecule is O=C(Nc1cc2cc(-c3cnco3)ccc2cn1)c1ccc2c(c1)CCCC2. The molecule has 1 amide bonds. The Kier molecular flexibility index (Phi) is 4.13. The largest absolute Gasteiger partial charge is 0.444 e. The third kappa shape index (κ3) is 3.16. The highest BCUT2D eigenvalue weighted by Crippen LogP contribution is 2.26. The molecule has 28 heavy (non-hydrogen) atoms. The van der Waals surface area contributed by atoms with Gasteiger partial charge in [0.1, 0.15) is 5.82 Å². The molecule has 0 saturated carbocycles. The topological polar surface area (TPSA) is 68.0 Å². The van der Waals surface area contributed by atoms with E-state index in [1.165, 1.54) is 30.4 Å². The molecule has 0 aliphatic heterocycles. The average Bonchev–Trinajstić information content (AvgIpc) is 3.28. The molecule has 5 rings (SSSR count). The number of hydrogen-bond donors (Lipinski definition) is 1. The molecule has 138 valence electrons. The quantitative estimate of drug-likeness (QED) is 0.550. The van der Waals surface area contributed by atoms with E-state index in [-0.39, 0.29) is 5.91 Å². The maximum absolute atomic E-state index is 12.7. The van der Waals surface area contributed by atoms with Gasteiger partial charge in [-0.15, -0.1) is 0 Å². The molecule has 4 aromatic rings. The van der Waals surface area contributed by atoms with Gasteiger partial charge in [0.2, 0.25) is 0 Å². The Balaban J connectivity index is 1.42. The average molecular weight is 369 g/mol. The van der Waals surface area contributed by atoms with Crippen molar-refractivity contribution in [2.45, 2.75) is 25.7 Å². The van der Waals surface area contributed by atoms with Crippen LogP contribution in [0.1, 0.15) is 34.3 Å². The summed E-state index contributed by atoms with van der Waals surface area (Å²) in [7, 11) is 0. The fourth-order valence-corrected chi connectivity index (χ4v) is 3.78. The summed E-state index contributed by atoms with van der Waals surface area (Å²) < 4.78 is 5.37. The minimum atomic E-state index is -0.133. The van der Waals surface area contributed by atoms with Crippen LogP contribution in [0.15, 0.2) is 65.7 Å². The smallest absolute Gasteiger partial charge is 0.256 e. The van der Waals surface area contributed by atoms with Gasteiger partial charge < -0.3 is 9.73 Å². The Labute approximate surface area is 162 Å². The Morgan fingerprint density at radius 3 is 2.68 bits per heavy atom. The second-order valence-corrected chi connectivity index (χ2v) is 7.14. The van der Waals surface area contributed by atoms with Gasteiger partial charge in [-0.1, -0.05) is 18.2 Å². The molecule has 2 aromatic heterocycles. The van der Waals surface area contributed by atoms with E-state index in [0.29, 0.717) is 17.1 Å². The van der Waals surface area contributed by atoms with Gasteiger partial charge in [0.25, 0.3) is 5.91 Å². The Hall–Kier alpha value is -3.47. The van der Waals surface area contributed by atoms with Crippen LogP contribution in [0.3, 0.4) is 0 Å². The molecule has 0 fully saturated rings. The number of amides is 1. The summed E-state index contributed by atoms with van der Waals surface area (Å²) in [5.74, 6) is 1.11. The zero-order valence-corrected chi connectivity index (χ0v) is 15.3. The molecular formula is C23H19N3O2. The van der Waals surface area contributed by atoms with Crippen LogP contribution in [-0.4, -0.2) is 15.9 Å². The van der Waals surface area contributed by atoms with Crippen molar-refractivity contribution in [2.75, 3.05) is 5.32 Å². The standard InChI is InChI=1S/C23H19N3O2/c27-23(18-7-5-15-3-1-2-4-16(15)9-18)26-22-11-20-10-17(21-13-24-14-28-21)6-8-19(20)12-25-22/h5-14H,1-4H2,(H,25,26,27). The summed E-state index contributed by atoms with van der Waals surface area (Å²) in [4.78, 5) is 21.1. The number of oxazole rings is 1. The first kappa shape index (κ1) is 16.7. The second-order valence-electron chi connectivity index (χ2n) is 7.14. The van der Waals surface area contributed by atoms with Gasteiger partial charge in [-0.25, -0.2) is 9.97 Å². The first-order chi connectivity index (χ1) is 13.8. The highest BCUT2D eigenvalue weighted by Gasteiger charge is 2.13. The number of nitrogens with one attached hydrogen (secondary N) is 1. The van der Waals surface area contributed by atoms with Gasteiger partial charge in [0, 0.05) is 22.7 Å². The van der Waals surface area contributed by atoms with Crippen molar-refractivity contribution in [3.63, 3.8) is 0 Å². The number of carbonyl (C=O) groups excluding carboxylic acids is 1. The van der Waals surface area contributed by atoms with Crippen molar-refractivity contribution in [3.05, 3.63) is 77.9 Å². The molecule has 5 nitrogen and oxygen atoms in total. The van der Waals surface area contributed by atoms with Crippen molar-refractivity contribution in [3.8, 4) is 11.3 Å². The van der Waals surface area contributed by atoms with E-state index in [1.807, 2.05) is 36.4 Å². The molecule has 0 atom stereocenters. The number of carbonyl (C=O) groups is 1. The molecule has 0 bridgehead atoms. The van der Waals surface area contributed by atoms with E-state index in [0.717, 1.165) is 29.2 Å². The van der Waals surface area contributed by atoms with Crippen LogP contribution < -0.4 is 5.32 Å². The third-order valence-electron chi connectivity index (χ3n) is 5.29. The van der Waals surface area contributed by atoms with Gasteiger partial charge in [0.05, 0.1) is 6.20 Å². The Morgan fingerprint density at radius 2 is 1.82 bits per heavy atom. The van der Waals surface area contributed by atoms with Gasteiger partial charge in [-0.2, -0.15) is 0 Å². The zero-order valence-electron chi connectivity index (χ0n) is 15.3. The van der Waals surface area contributed by atoms with E-state index >= 15 is 0 Å². The van der Waals surface area contributed by atoms with E-state index in [1.54, 1.807) is 12.4 Å². The van der Waals surface area contributed by atoms with Crippen LogP contribution in [0.25, 0.3) is 22.1 Å². The molecule has 2 aromatic carbocycles. The number of rotatable bonds is 3. The van der Waals surface area contributed by atoms with E-state index in [9.17, 15) is 4.79 Å². The number of pyridine rings is 1. The predicted octanol–water partition coefficient (Wildman–Crippen LogP) is 5.02. The molecule has 0 saturated heterocycles. The number of anilines is 1. The van der Waals surface area contributed by atoms with Crippen molar-refractivity contribution >= 4 is 22.5 Å². The number of hydrogen-bond acceptors (Lipinski definition) is 4. The monoisotopic (exact) mass is 369 g/mol. The number of fused-ring (bicyclic) bond motifs is 2. The van der Waals surface area contributed by atoms with Crippen LogP contribution in [0.2, 0.25) is 0 Å². The molecule has 1 aliphatic rings. The molecule has 0 radical (unpaired) electrons. The summed E-state index contributed by atoms with van der Waals surface area (Å²) in [6.45, 7) is 0. The van der Waals surface area contributed by atoms with Crippen molar-refractivity contribution in [1.29, 1.82) is 0 Å². The van der Waals surface area contributed by atoms with Gasteiger partial charge in [0.15, 0.2) is 12.2 Å². The predicted molar refractivity (Wildman–Crippen MR) is 108 cm³/mol. The fraction of sp³-hybridized carbons (Fsp3) is 0.174. The summed E-state index contributed by atoms with van der Waals surface area (Å²) >= 11 is 0. The highest BCUT2D eigenvalue weighted by atomic mass is 16.3. The first-order valence-electron chi connectivity index (χ1n) is 9.48. The maximum atomic E-state index is 12.7. The summed E-state index contributed by atoms with van der Waals surface area (Å²) in [5.41, 5.74) is 4.27. The van der Waals surface area contributed by atoms with Crippen molar-refractivity contribution in [1.82, 2.24) is 9.97 Å². The molecule has 1 N–H and O–H groups in total. The van der Waals surface area contributed by atoms with Gasteiger partial charge in [-0.05, 0) is 66.5 Å². The van der Waals surface area contributed by atoms with Crippen LogP contribution in [-0.2, 0) is 12.8 Å². The lowest BCUT2D eigenvalue weighted by Gasteiger charge is -2.16. The lowest BCUT2D eigenvalue weighted by molar-refractivity contribution is 0.102. The minimum absolute atomic E-state index is 0.133. The number of nitrogens with zero attached hydrogens (tertiary/aromatic N) is 2. The zero-order chi connectivity index (χ0) is 18.9. The molecule has 1 aliphatic carbocycles. The van der Waals surface area contributed by atoms with Crippen LogP contribution in [0.5, 0.6) is 0 Å². The lowest BCUT2D eigenvalue weighted by Crippen LogP contribution is -2.14. The minimum Gasteiger partial charge on any atom is -0.444 e. The maximum Gasteiger partial charge on any atom is 0.256 e. The first-order valence-corrected chi connectivity index (χ1v) is 9.48. The van der Waals surface area contributed by atoms with Gasteiger partial charge in [-0.3, -0.25) is 4.79 Å². The molecular weight excluding hydrogens is 350 g/mol. The number of aryl methyl sites for hydroxylation is 2. The summed E-state index contributed by atoms with van der Waals surface area (Å²) in [6, 6.07) is 13.8. The summed E-state index contributed by atoms with van der Waals surface area (Å²) in [6.07, 6.45) is 9.44. The Morgan fingerprint density at radius 1 is 0.929 bits per heavy atom. The van der Waals surface area contributed by atoms with Crippen molar-refractivity contribution < 1.29 is 9.21 Å². The van der Waals surface area contributed by atoms with Gasteiger partial charge >= 0.3 is 0 Å². The van der Waals surface area contributed by atoms with E-state index in [4.69, 9.17) is 4.42 Å². The van der Waals surface area contributed by atoms with Crippen molar-refractivity contribution in [2.24, 2.45) is 0 Å². The number of benzene rings is 2. The third-order valence-corrected chi connectivity index (χ3v) is 5.29. The molecule has 0 unspecified atom stereocenters. The fourth-order valence-electron chi connectivity index (χ4n) is 3.78. The second kappa shape index (κ2) is 6.93. The molecule has 5 heteroatoms.